The lowest BCUT2D eigenvalue weighted by atomic mass is 10.2. The molecular weight excluding hydrogens is 156 g/mol. The van der Waals surface area contributed by atoms with E-state index in [1.54, 1.807) is 24.7 Å². The molecule has 1 heterocycles. The Morgan fingerprint density at radius 3 is 2.92 bits per heavy atom. The van der Waals surface area contributed by atoms with Gasteiger partial charge in [0.15, 0.2) is 5.82 Å². The molecule has 0 saturated heterocycles. The van der Waals surface area contributed by atoms with Crippen LogP contribution in [-0.4, -0.2) is 26.5 Å². The molecule has 66 valence electrons. The van der Waals surface area contributed by atoms with Crippen molar-refractivity contribution in [3.05, 3.63) is 18.2 Å². The molecule has 4 nitrogen and oxygen atoms in total. The summed E-state index contributed by atoms with van der Waals surface area (Å²) in [6.45, 7) is 1.76. The lowest BCUT2D eigenvalue weighted by Gasteiger charge is -2.05. The number of rotatable bonds is 3. The minimum absolute atomic E-state index is 0.310. The Bertz CT molecular complexity index is 280. The fourth-order valence-electron chi connectivity index (χ4n) is 0.937. The monoisotopic (exact) mass is 168 g/mol. The van der Waals surface area contributed by atoms with Crippen LogP contribution in [0.1, 0.15) is 24.0 Å². The third kappa shape index (κ3) is 1.53. The highest BCUT2D eigenvalue weighted by molar-refractivity contribution is 5.96. The molecule has 1 atom stereocenters. The average Bonchev–Trinajstić information content (AvgIpc) is 2.48. The quantitative estimate of drug-likeness (QED) is 0.663. The molecule has 0 fully saturated rings. The smallest absolute Gasteiger partial charge is 0.226 e. The van der Waals surface area contributed by atoms with Crippen molar-refractivity contribution in [1.82, 2.24) is 9.55 Å². The van der Waals surface area contributed by atoms with Crippen LogP contribution in [0.4, 0.5) is 0 Å². The van der Waals surface area contributed by atoms with Crippen LogP contribution in [0, 0.1) is 0 Å². The number of carbonyl (C=O) groups is 1. The van der Waals surface area contributed by atoms with Gasteiger partial charge in [0.25, 0.3) is 0 Å². The van der Waals surface area contributed by atoms with E-state index in [-0.39, 0.29) is 5.78 Å². The minimum atomic E-state index is -0.925. The number of hydrogen-bond donors (Lipinski definition) is 1. The molecule has 1 N–H and O–H groups in total. The topological polar surface area (TPSA) is 55.1 Å². The maximum atomic E-state index is 11.3. The van der Waals surface area contributed by atoms with E-state index >= 15 is 0 Å². The summed E-state index contributed by atoms with van der Waals surface area (Å²) in [5.41, 5.74) is 0. The maximum absolute atomic E-state index is 11.3. The van der Waals surface area contributed by atoms with Crippen LogP contribution in [0.2, 0.25) is 0 Å². The van der Waals surface area contributed by atoms with Crippen LogP contribution in [0.5, 0.6) is 0 Å². The van der Waals surface area contributed by atoms with E-state index in [4.69, 9.17) is 0 Å². The molecule has 12 heavy (non-hydrogen) atoms. The lowest BCUT2D eigenvalue weighted by Crippen LogP contribution is -2.22. The summed E-state index contributed by atoms with van der Waals surface area (Å²) in [6.07, 6.45) is 2.71. The van der Waals surface area contributed by atoms with Crippen LogP contribution >= 0.6 is 0 Å². The van der Waals surface area contributed by atoms with Crippen LogP contribution in [-0.2, 0) is 7.05 Å². The highest BCUT2D eigenvalue weighted by atomic mass is 16.3. The molecule has 1 rings (SSSR count). The van der Waals surface area contributed by atoms with Crippen molar-refractivity contribution >= 4 is 5.78 Å². The van der Waals surface area contributed by atoms with Gasteiger partial charge in [-0.3, -0.25) is 4.79 Å². The van der Waals surface area contributed by atoms with E-state index in [0.717, 1.165) is 0 Å². The summed E-state index contributed by atoms with van der Waals surface area (Å²) in [5, 5.41) is 9.22. The van der Waals surface area contributed by atoms with Gasteiger partial charge in [0.05, 0.1) is 0 Å². The van der Waals surface area contributed by atoms with E-state index in [9.17, 15) is 9.90 Å². The normalized spacial score (nSPS) is 12.9. The molecule has 1 aromatic rings. The summed E-state index contributed by atoms with van der Waals surface area (Å²) in [6, 6.07) is 0. The minimum Gasteiger partial charge on any atom is -0.385 e. The highest BCUT2D eigenvalue weighted by Crippen LogP contribution is 2.02. The Balaban J connectivity index is 2.85. The number of imidazole rings is 1. The van der Waals surface area contributed by atoms with Crippen molar-refractivity contribution in [2.24, 2.45) is 7.05 Å². The first-order valence-corrected chi connectivity index (χ1v) is 3.86. The van der Waals surface area contributed by atoms with E-state index in [1.807, 2.05) is 0 Å². The van der Waals surface area contributed by atoms with Gasteiger partial charge in [-0.05, 0) is 6.42 Å². The summed E-state index contributed by atoms with van der Waals surface area (Å²) >= 11 is 0. The third-order valence-corrected chi connectivity index (χ3v) is 1.73. The maximum Gasteiger partial charge on any atom is 0.226 e. The first kappa shape index (κ1) is 8.93. The largest absolute Gasteiger partial charge is 0.385 e. The molecule has 1 unspecified atom stereocenters. The number of carbonyl (C=O) groups excluding carboxylic acids is 1. The molecule has 0 amide bonds. The lowest BCUT2D eigenvalue weighted by molar-refractivity contribution is 0.0726. The number of hydrogen-bond acceptors (Lipinski definition) is 3. The van der Waals surface area contributed by atoms with Gasteiger partial charge < -0.3 is 9.67 Å². The number of aliphatic hydroxyl groups excluding tert-OH is 1. The molecule has 0 saturated carbocycles. The molecule has 4 heteroatoms. The second kappa shape index (κ2) is 3.49. The van der Waals surface area contributed by atoms with Gasteiger partial charge in [-0.2, -0.15) is 0 Å². The summed E-state index contributed by atoms with van der Waals surface area (Å²) in [5.74, 6) is -0.00523. The van der Waals surface area contributed by atoms with Crippen LogP contribution < -0.4 is 0 Å². The molecule has 0 aromatic carbocycles. The fourth-order valence-corrected chi connectivity index (χ4v) is 0.937. The first-order chi connectivity index (χ1) is 5.66. The average molecular weight is 168 g/mol. The van der Waals surface area contributed by atoms with Crippen LogP contribution in [0.25, 0.3) is 0 Å². The number of Topliss-reactive ketones (excluding diaryl/α,β-unsaturated/α-hetero) is 1. The van der Waals surface area contributed by atoms with Crippen LogP contribution in [0.15, 0.2) is 12.4 Å². The molecule has 0 spiro atoms. The predicted molar refractivity (Wildman–Crippen MR) is 43.8 cm³/mol. The number of nitrogens with zero attached hydrogens (tertiary/aromatic N) is 2. The van der Waals surface area contributed by atoms with E-state index in [0.29, 0.717) is 12.2 Å². The van der Waals surface area contributed by atoms with Crippen molar-refractivity contribution < 1.29 is 9.90 Å². The Hall–Kier alpha value is -1.16. The van der Waals surface area contributed by atoms with Gasteiger partial charge in [0.1, 0.15) is 6.10 Å². The van der Waals surface area contributed by atoms with Crippen molar-refractivity contribution in [2.75, 3.05) is 0 Å². The van der Waals surface area contributed by atoms with Crippen molar-refractivity contribution in [3.8, 4) is 0 Å². The number of ketones is 1. The second-order valence-electron chi connectivity index (χ2n) is 2.65. The standard InChI is InChI=1S/C8H12N2O2/c1-3-6(11)7(12)8-9-4-5-10(8)2/h4-6,11H,3H2,1-2H3. The molecule has 0 aliphatic carbocycles. The third-order valence-electron chi connectivity index (χ3n) is 1.73. The highest BCUT2D eigenvalue weighted by Gasteiger charge is 2.18. The molecule has 0 aliphatic rings. The van der Waals surface area contributed by atoms with Gasteiger partial charge in [0, 0.05) is 19.4 Å². The zero-order valence-corrected chi connectivity index (χ0v) is 7.19. The summed E-state index contributed by atoms with van der Waals surface area (Å²) < 4.78 is 1.60. The molecule has 1 aromatic heterocycles. The van der Waals surface area contributed by atoms with Gasteiger partial charge in [-0.1, -0.05) is 6.92 Å². The van der Waals surface area contributed by atoms with Crippen molar-refractivity contribution in [1.29, 1.82) is 0 Å². The fraction of sp³-hybridized carbons (Fsp3) is 0.500. The van der Waals surface area contributed by atoms with E-state index < -0.39 is 6.10 Å². The van der Waals surface area contributed by atoms with Gasteiger partial charge in [-0.25, -0.2) is 4.98 Å². The van der Waals surface area contributed by atoms with Gasteiger partial charge in [0.2, 0.25) is 5.78 Å². The molecule has 0 radical (unpaired) electrons. The van der Waals surface area contributed by atoms with Crippen molar-refractivity contribution in [2.45, 2.75) is 19.4 Å². The Morgan fingerprint density at radius 2 is 2.50 bits per heavy atom. The SMILES string of the molecule is CCC(O)C(=O)c1nccn1C. The summed E-state index contributed by atoms with van der Waals surface area (Å²) in [7, 11) is 1.72. The van der Waals surface area contributed by atoms with E-state index in [1.165, 1.54) is 6.20 Å². The zero-order chi connectivity index (χ0) is 9.14. The molecular formula is C8H12N2O2. The second-order valence-corrected chi connectivity index (χ2v) is 2.65. The summed E-state index contributed by atoms with van der Waals surface area (Å²) in [4.78, 5) is 15.2. The van der Waals surface area contributed by atoms with E-state index in [2.05, 4.69) is 4.98 Å². The first-order valence-electron chi connectivity index (χ1n) is 3.86. The Morgan fingerprint density at radius 1 is 1.83 bits per heavy atom. The number of aromatic nitrogens is 2. The number of aryl methyl sites for hydroxylation is 1. The van der Waals surface area contributed by atoms with Crippen LogP contribution in [0.3, 0.4) is 0 Å². The van der Waals surface area contributed by atoms with Crippen molar-refractivity contribution in [3.63, 3.8) is 0 Å². The Kier molecular flexibility index (Phi) is 2.60. The molecule has 0 bridgehead atoms. The Labute approximate surface area is 70.9 Å². The van der Waals surface area contributed by atoms with Gasteiger partial charge >= 0.3 is 0 Å². The molecule has 0 aliphatic heterocycles. The number of aliphatic hydroxyl groups is 1. The van der Waals surface area contributed by atoms with Gasteiger partial charge in [-0.15, -0.1) is 0 Å². The zero-order valence-electron chi connectivity index (χ0n) is 7.19. The predicted octanol–water partition coefficient (Wildman–Crippen LogP) is 0.374.